The van der Waals surface area contributed by atoms with E-state index in [1.807, 2.05) is 18.5 Å². The molecule has 0 N–H and O–H groups in total. The third kappa shape index (κ3) is 3.97. The minimum absolute atomic E-state index is 0.795. The van der Waals surface area contributed by atoms with Crippen LogP contribution in [0, 0.1) is 13.8 Å². The van der Waals surface area contributed by atoms with E-state index in [2.05, 4.69) is 82.9 Å². The summed E-state index contributed by atoms with van der Waals surface area (Å²) in [5.74, 6) is 0. The Morgan fingerprint density at radius 3 is 2.52 bits per heavy atom. The molecule has 5 nitrogen and oxygen atoms in total. The fraction of sp³-hybridized carbons (Fsp3) is 0.231. The maximum Gasteiger partial charge on any atom is 0.0703 e. The first-order chi connectivity index (χ1) is 15.2. The lowest BCUT2D eigenvalue weighted by atomic mass is 10.2. The second kappa shape index (κ2) is 8.36. The summed E-state index contributed by atoms with van der Waals surface area (Å²) in [7, 11) is 0. The molecule has 0 atom stereocenters. The van der Waals surface area contributed by atoms with Gasteiger partial charge in [-0.3, -0.25) is 9.98 Å². The van der Waals surface area contributed by atoms with Crippen molar-refractivity contribution in [2.75, 3.05) is 31.2 Å². The van der Waals surface area contributed by atoms with Crippen LogP contribution in [0.5, 0.6) is 0 Å². The SMILES string of the molecule is Cc1cc(C=Nc2ccc(N3CCOCC3)cc2)c(C)n1-c1ccc2ncccc2c1. The van der Waals surface area contributed by atoms with E-state index in [-0.39, 0.29) is 0 Å². The van der Waals surface area contributed by atoms with Gasteiger partial charge in [0.1, 0.15) is 0 Å². The maximum absolute atomic E-state index is 5.44. The zero-order valence-corrected chi connectivity index (χ0v) is 18.0. The molecular formula is C26H26N4O. The number of anilines is 1. The molecule has 0 spiro atoms. The molecule has 156 valence electrons. The lowest BCUT2D eigenvalue weighted by Gasteiger charge is -2.28. The van der Waals surface area contributed by atoms with Crippen molar-refractivity contribution >= 4 is 28.5 Å². The summed E-state index contributed by atoms with van der Waals surface area (Å²) in [5, 5.41) is 1.14. The van der Waals surface area contributed by atoms with E-state index in [0.717, 1.165) is 54.1 Å². The molecule has 1 fully saturated rings. The summed E-state index contributed by atoms with van der Waals surface area (Å²) in [6, 6.07) is 21.1. The van der Waals surface area contributed by atoms with E-state index in [0.29, 0.717) is 0 Å². The van der Waals surface area contributed by atoms with Crippen LogP contribution in [0.1, 0.15) is 17.0 Å². The molecule has 0 unspecified atom stereocenters. The van der Waals surface area contributed by atoms with Crippen molar-refractivity contribution in [2.45, 2.75) is 13.8 Å². The molecule has 0 bridgehead atoms. The van der Waals surface area contributed by atoms with Gasteiger partial charge in [0, 0.05) is 59.2 Å². The van der Waals surface area contributed by atoms with Crippen molar-refractivity contribution in [3.8, 4) is 5.69 Å². The van der Waals surface area contributed by atoms with Crippen molar-refractivity contribution in [1.29, 1.82) is 0 Å². The van der Waals surface area contributed by atoms with E-state index in [9.17, 15) is 0 Å². The van der Waals surface area contributed by atoms with E-state index in [1.165, 1.54) is 17.1 Å². The molecule has 0 amide bonds. The maximum atomic E-state index is 5.44. The van der Waals surface area contributed by atoms with Crippen LogP contribution >= 0.6 is 0 Å². The van der Waals surface area contributed by atoms with E-state index < -0.39 is 0 Å². The Morgan fingerprint density at radius 2 is 1.71 bits per heavy atom. The molecule has 0 radical (unpaired) electrons. The van der Waals surface area contributed by atoms with Crippen molar-refractivity contribution in [1.82, 2.24) is 9.55 Å². The van der Waals surface area contributed by atoms with Gasteiger partial charge in [-0.2, -0.15) is 0 Å². The minimum atomic E-state index is 0.795. The second-order valence-electron chi connectivity index (χ2n) is 7.92. The number of rotatable bonds is 4. The number of aryl methyl sites for hydroxylation is 1. The molecule has 31 heavy (non-hydrogen) atoms. The number of morpholine rings is 1. The Kier molecular flexibility index (Phi) is 5.26. The number of benzene rings is 2. The Bertz CT molecular complexity index is 1230. The van der Waals surface area contributed by atoms with Gasteiger partial charge < -0.3 is 14.2 Å². The molecule has 5 rings (SSSR count). The molecule has 2 aromatic carbocycles. The molecule has 4 aromatic rings. The Morgan fingerprint density at radius 1 is 0.935 bits per heavy atom. The lowest BCUT2D eigenvalue weighted by Crippen LogP contribution is -2.36. The minimum Gasteiger partial charge on any atom is -0.378 e. The highest BCUT2D eigenvalue weighted by Crippen LogP contribution is 2.24. The van der Waals surface area contributed by atoms with Crippen LogP contribution < -0.4 is 4.90 Å². The molecular weight excluding hydrogens is 384 g/mol. The van der Waals surface area contributed by atoms with Crippen LogP contribution in [0.2, 0.25) is 0 Å². The van der Waals surface area contributed by atoms with Gasteiger partial charge in [-0.25, -0.2) is 0 Å². The van der Waals surface area contributed by atoms with Gasteiger partial charge in [0.25, 0.3) is 0 Å². The third-order valence-electron chi connectivity index (χ3n) is 5.89. The number of pyridine rings is 1. The molecule has 1 aliphatic rings. The van der Waals surface area contributed by atoms with E-state index in [4.69, 9.17) is 9.73 Å². The van der Waals surface area contributed by atoms with Gasteiger partial charge in [-0.1, -0.05) is 6.07 Å². The first-order valence-corrected chi connectivity index (χ1v) is 10.7. The van der Waals surface area contributed by atoms with Crippen molar-refractivity contribution in [3.05, 3.63) is 83.8 Å². The van der Waals surface area contributed by atoms with Gasteiger partial charge in [-0.05, 0) is 68.4 Å². The Labute approximate surface area is 182 Å². The first kappa shape index (κ1) is 19.5. The predicted octanol–water partition coefficient (Wildman–Crippen LogP) is 5.23. The van der Waals surface area contributed by atoms with Crippen molar-refractivity contribution < 1.29 is 4.74 Å². The van der Waals surface area contributed by atoms with Crippen LogP contribution in [-0.4, -0.2) is 42.1 Å². The van der Waals surface area contributed by atoms with E-state index >= 15 is 0 Å². The number of nitrogens with zero attached hydrogens (tertiary/aromatic N) is 4. The van der Waals surface area contributed by atoms with Crippen LogP contribution in [0.3, 0.4) is 0 Å². The average molecular weight is 411 g/mol. The Hall–Kier alpha value is -3.44. The van der Waals surface area contributed by atoms with Crippen LogP contribution in [0.15, 0.2) is 71.9 Å². The molecule has 0 saturated carbocycles. The molecule has 2 aromatic heterocycles. The highest BCUT2D eigenvalue weighted by Gasteiger charge is 2.12. The predicted molar refractivity (Wildman–Crippen MR) is 127 cm³/mol. The number of hydrogen-bond donors (Lipinski definition) is 0. The Balaban J connectivity index is 1.39. The van der Waals surface area contributed by atoms with Gasteiger partial charge in [0.2, 0.25) is 0 Å². The summed E-state index contributed by atoms with van der Waals surface area (Å²) >= 11 is 0. The number of fused-ring (bicyclic) bond motifs is 1. The highest BCUT2D eigenvalue weighted by molar-refractivity contribution is 5.85. The number of hydrogen-bond acceptors (Lipinski definition) is 4. The zero-order valence-electron chi connectivity index (χ0n) is 18.0. The van der Waals surface area contributed by atoms with Crippen molar-refractivity contribution in [3.63, 3.8) is 0 Å². The summed E-state index contributed by atoms with van der Waals surface area (Å²) in [6.07, 6.45) is 3.79. The lowest BCUT2D eigenvalue weighted by molar-refractivity contribution is 0.122. The molecule has 5 heteroatoms. The van der Waals surface area contributed by atoms with Crippen LogP contribution in [0.4, 0.5) is 11.4 Å². The number of ether oxygens (including phenoxy) is 1. The first-order valence-electron chi connectivity index (χ1n) is 10.7. The van der Waals surface area contributed by atoms with E-state index in [1.54, 1.807) is 0 Å². The molecule has 3 heterocycles. The topological polar surface area (TPSA) is 42.6 Å². The fourth-order valence-electron chi connectivity index (χ4n) is 4.23. The second-order valence-corrected chi connectivity index (χ2v) is 7.92. The van der Waals surface area contributed by atoms with Crippen molar-refractivity contribution in [2.24, 2.45) is 4.99 Å². The monoisotopic (exact) mass is 410 g/mol. The van der Waals surface area contributed by atoms with Crippen LogP contribution in [-0.2, 0) is 4.74 Å². The molecule has 1 aliphatic heterocycles. The quantitative estimate of drug-likeness (QED) is 0.433. The number of aliphatic imine (C=N–C) groups is 1. The largest absolute Gasteiger partial charge is 0.378 e. The third-order valence-corrected chi connectivity index (χ3v) is 5.89. The summed E-state index contributed by atoms with van der Waals surface area (Å²) in [4.78, 5) is 11.5. The van der Waals surface area contributed by atoms with Crippen LogP contribution in [0.25, 0.3) is 16.6 Å². The molecule has 1 saturated heterocycles. The average Bonchev–Trinajstić information content (AvgIpc) is 3.11. The summed E-state index contributed by atoms with van der Waals surface area (Å²) in [5.41, 5.74) is 7.83. The van der Waals surface area contributed by atoms with Gasteiger partial charge >= 0.3 is 0 Å². The van der Waals surface area contributed by atoms with Gasteiger partial charge in [-0.15, -0.1) is 0 Å². The zero-order chi connectivity index (χ0) is 21.2. The van der Waals surface area contributed by atoms with Gasteiger partial charge in [0.05, 0.1) is 24.4 Å². The normalized spacial score (nSPS) is 14.6. The smallest absolute Gasteiger partial charge is 0.0703 e. The van der Waals surface area contributed by atoms with Gasteiger partial charge in [0.15, 0.2) is 0 Å². The molecule has 0 aliphatic carbocycles. The fourth-order valence-corrected chi connectivity index (χ4v) is 4.23. The number of aromatic nitrogens is 2. The summed E-state index contributed by atoms with van der Waals surface area (Å²) in [6.45, 7) is 7.75. The summed E-state index contributed by atoms with van der Waals surface area (Å²) < 4.78 is 7.71. The highest BCUT2D eigenvalue weighted by atomic mass is 16.5. The standard InChI is InChI=1S/C26H26N4O/c1-19-16-22(18-28-23-5-7-24(8-6-23)29-12-14-31-15-13-29)20(2)30(19)25-9-10-26-21(17-25)4-3-11-27-26/h3-11,16-18H,12-15H2,1-2H3.